The molecule has 14 heavy (non-hydrogen) atoms. The summed E-state index contributed by atoms with van der Waals surface area (Å²) < 4.78 is 4.51. The maximum atomic E-state index is 11.2. The first-order valence-corrected chi connectivity index (χ1v) is 4.92. The molecule has 6 heteroatoms. The number of nitrogens with zero attached hydrogens (tertiary/aromatic N) is 1. The standard InChI is InChI=1S/C8H9N3O2S/c1-13-8(12)6-5(10)4(3-9)7(11-6)14-2/h11H,10H2,1-2H3. The third-order valence-electron chi connectivity index (χ3n) is 1.71. The third-order valence-corrected chi connectivity index (χ3v) is 2.42. The number of nitrogens with one attached hydrogen (secondary N) is 1. The van der Waals surface area contributed by atoms with E-state index in [-0.39, 0.29) is 16.9 Å². The SMILES string of the molecule is COC(=O)c1[nH]c(SC)c(C#N)c1N. The molecule has 0 radical (unpaired) electrons. The monoisotopic (exact) mass is 211 g/mol. The fraction of sp³-hybridized carbons (Fsp3) is 0.250. The Hall–Kier alpha value is -1.61. The Morgan fingerprint density at radius 3 is 2.71 bits per heavy atom. The number of nitrogen functional groups attached to an aromatic ring is 1. The van der Waals surface area contributed by atoms with E-state index in [2.05, 4.69) is 9.72 Å². The zero-order chi connectivity index (χ0) is 10.7. The maximum absolute atomic E-state index is 11.2. The molecule has 74 valence electrons. The van der Waals surface area contributed by atoms with Crippen molar-refractivity contribution in [1.29, 1.82) is 5.26 Å². The van der Waals surface area contributed by atoms with Gasteiger partial charge in [0.05, 0.1) is 17.8 Å². The van der Waals surface area contributed by atoms with Crippen LogP contribution in [0.4, 0.5) is 5.69 Å². The van der Waals surface area contributed by atoms with Gasteiger partial charge in [0.1, 0.15) is 11.6 Å². The number of H-pyrrole nitrogens is 1. The summed E-state index contributed by atoms with van der Waals surface area (Å²) in [5, 5.41) is 9.36. The van der Waals surface area contributed by atoms with Crippen LogP contribution >= 0.6 is 11.8 Å². The van der Waals surface area contributed by atoms with E-state index in [1.165, 1.54) is 18.9 Å². The first-order valence-electron chi connectivity index (χ1n) is 3.69. The average molecular weight is 211 g/mol. The number of hydrogen-bond donors (Lipinski definition) is 2. The van der Waals surface area contributed by atoms with Gasteiger partial charge in [-0.1, -0.05) is 0 Å². The predicted molar refractivity (Wildman–Crippen MR) is 53.0 cm³/mol. The van der Waals surface area contributed by atoms with E-state index < -0.39 is 5.97 Å². The average Bonchev–Trinajstić information content (AvgIpc) is 2.53. The van der Waals surface area contributed by atoms with E-state index in [4.69, 9.17) is 11.0 Å². The summed E-state index contributed by atoms with van der Waals surface area (Å²) in [5.41, 5.74) is 6.16. The zero-order valence-corrected chi connectivity index (χ0v) is 8.57. The van der Waals surface area contributed by atoms with Crippen molar-refractivity contribution in [3.05, 3.63) is 11.3 Å². The molecule has 1 aromatic rings. The van der Waals surface area contributed by atoms with Crippen molar-refractivity contribution in [2.75, 3.05) is 19.1 Å². The minimum absolute atomic E-state index is 0.133. The van der Waals surface area contributed by atoms with Crippen LogP contribution in [0.25, 0.3) is 0 Å². The number of anilines is 1. The minimum atomic E-state index is -0.570. The fourth-order valence-corrected chi connectivity index (χ4v) is 1.58. The normalized spacial score (nSPS) is 9.50. The number of esters is 1. The molecule has 0 aliphatic rings. The van der Waals surface area contributed by atoms with Crippen molar-refractivity contribution < 1.29 is 9.53 Å². The fourth-order valence-electron chi connectivity index (χ4n) is 1.02. The van der Waals surface area contributed by atoms with E-state index in [1.807, 2.05) is 6.07 Å². The van der Waals surface area contributed by atoms with Gasteiger partial charge in [-0.25, -0.2) is 4.79 Å². The molecule has 3 N–H and O–H groups in total. The van der Waals surface area contributed by atoms with Crippen LogP contribution in [0.1, 0.15) is 16.1 Å². The summed E-state index contributed by atoms with van der Waals surface area (Å²) in [6.07, 6.45) is 1.78. The Kier molecular flexibility index (Phi) is 3.04. The second kappa shape index (κ2) is 4.07. The maximum Gasteiger partial charge on any atom is 0.356 e. The molecule has 0 saturated carbocycles. The van der Waals surface area contributed by atoms with Crippen LogP contribution in [-0.2, 0) is 4.74 Å². The smallest absolute Gasteiger partial charge is 0.356 e. The molecule has 0 unspecified atom stereocenters. The van der Waals surface area contributed by atoms with Gasteiger partial charge in [0.15, 0.2) is 5.69 Å². The number of carbonyl (C=O) groups is 1. The molecule has 5 nitrogen and oxygen atoms in total. The molecule has 0 spiro atoms. The Bertz CT molecular complexity index is 405. The molecule has 1 rings (SSSR count). The lowest BCUT2D eigenvalue weighted by Crippen LogP contribution is -2.05. The van der Waals surface area contributed by atoms with Crippen molar-refractivity contribution in [2.24, 2.45) is 0 Å². The van der Waals surface area contributed by atoms with Crippen molar-refractivity contribution in [3.8, 4) is 6.07 Å². The van der Waals surface area contributed by atoms with Gasteiger partial charge >= 0.3 is 5.97 Å². The van der Waals surface area contributed by atoms with E-state index in [1.54, 1.807) is 6.26 Å². The number of carbonyl (C=O) groups excluding carboxylic acids is 1. The number of methoxy groups -OCH3 is 1. The van der Waals surface area contributed by atoms with Crippen molar-refractivity contribution in [3.63, 3.8) is 0 Å². The molecule has 0 amide bonds. The molecule has 0 saturated heterocycles. The van der Waals surface area contributed by atoms with Crippen molar-refractivity contribution in [2.45, 2.75) is 5.03 Å². The zero-order valence-electron chi connectivity index (χ0n) is 7.75. The predicted octanol–water partition coefficient (Wildman–Crippen LogP) is 0.977. The van der Waals surface area contributed by atoms with Crippen LogP contribution in [0.15, 0.2) is 5.03 Å². The largest absolute Gasteiger partial charge is 0.464 e. The molecule has 1 aromatic heterocycles. The molecule has 0 bridgehead atoms. The van der Waals surface area contributed by atoms with Crippen molar-refractivity contribution in [1.82, 2.24) is 4.98 Å². The number of nitriles is 1. The van der Waals surface area contributed by atoms with Gasteiger partial charge in [-0.2, -0.15) is 5.26 Å². The summed E-state index contributed by atoms with van der Waals surface area (Å²) in [6.45, 7) is 0. The van der Waals surface area contributed by atoms with E-state index in [0.29, 0.717) is 5.03 Å². The summed E-state index contributed by atoms with van der Waals surface area (Å²) in [5.74, 6) is -0.570. The topological polar surface area (TPSA) is 91.9 Å². The molecule has 0 aliphatic heterocycles. The highest BCUT2D eigenvalue weighted by molar-refractivity contribution is 7.98. The number of aromatic nitrogens is 1. The second-order valence-corrected chi connectivity index (χ2v) is 3.24. The van der Waals surface area contributed by atoms with Gasteiger partial charge in [-0.15, -0.1) is 11.8 Å². The molecule has 0 aliphatic carbocycles. The molecule has 0 atom stereocenters. The Labute approximate surface area is 85.2 Å². The van der Waals surface area contributed by atoms with Crippen LogP contribution in [-0.4, -0.2) is 24.3 Å². The molecule has 1 heterocycles. The quantitative estimate of drug-likeness (QED) is 0.562. The number of ether oxygens (including phenoxy) is 1. The van der Waals surface area contributed by atoms with Crippen LogP contribution in [0.3, 0.4) is 0 Å². The summed E-state index contributed by atoms with van der Waals surface area (Å²) in [4.78, 5) is 13.9. The van der Waals surface area contributed by atoms with Gasteiger partial charge in [0.2, 0.25) is 0 Å². The lowest BCUT2D eigenvalue weighted by molar-refractivity contribution is 0.0595. The van der Waals surface area contributed by atoms with Gasteiger partial charge < -0.3 is 15.5 Å². The summed E-state index contributed by atoms with van der Waals surface area (Å²) in [7, 11) is 1.26. The first kappa shape index (κ1) is 10.5. The van der Waals surface area contributed by atoms with Gasteiger partial charge in [-0.05, 0) is 6.26 Å². The minimum Gasteiger partial charge on any atom is -0.464 e. The highest BCUT2D eigenvalue weighted by Crippen LogP contribution is 2.27. The Balaban J connectivity index is 3.29. The lowest BCUT2D eigenvalue weighted by Gasteiger charge is -1.95. The lowest BCUT2D eigenvalue weighted by atomic mass is 10.3. The van der Waals surface area contributed by atoms with Gasteiger partial charge in [0, 0.05) is 0 Å². The first-order chi connectivity index (χ1) is 6.65. The highest BCUT2D eigenvalue weighted by Gasteiger charge is 2.19. The van der Waals surface area contributed by atoms with E-state index >= 15 is 0 Å². The van der Waals surface area contributed by atoms with Crippen LogP contribution in [0.2, 0.25) is 0 Å². The van der Waals surface area contributed by atoms with E-state index in [0.717, 1.165) is 0 Å². The van der Waals surface area contributed by atoms with Crippen LogP contribution in [0.5, 0.6) is 0 Å². The number of aromatic amines is 1. The molecule has 0 aromatic carbocycles. The Morgan fingerprint density at radius 1 is 1.71 bits per heavy atom. The second-order valence-electron chi connectivity index (χ2n) is 2.43. The molecule has 0 fully saturated rings. The van der Waals surface area contributed by atoms with Gasteiger partial charge in [-0.3, -0.25) is 0 Å². The third kappa shape index (κ3) is 1.54. The van der Waals surface area contributed by atoms with Crippen molar-refractivity contribution >= 4 is 23.4 Å². The molecular formula is C8H9N3O2S. The molecular weight excluding hydrogens is 202 g/mol. The van der Waals surface area contributed by atoms with Crippen LogP contribution < -0.4 is 5.73 Å². The Morgan fingerprint density at radius 2 is 2.36 bits per heavy atom. The highest BCUT2D eigenvalue weighted by atomic mass is 32.2. The number of hydrogen-bond acceptors (Lipinski definition) is 5. The van der Waals surface area contributed by atoms with Gasteiger partial charge in [0.25, 0.3) is 0 Å². The number of rotatable bonds is 2. The summed E-state index contributed by atoms with van der Waals surface area (Å²) in [6, 6.07) is 1.93. The summed E-state index contributed by atoms with van der Waals surface area (Å²) >= 11 is 1.32. The van der Waals surface area contributed by atoms with E-state index in [9.17, 15) is 4.79 Å². The number of thioether (sulfide) groups is 1. The number of nitrogens with two attached hydrogens (primary N) is 1. The van der Waals surface area contributed by atoms with Crippen LogP contribution in [0, 0.1) is 11.3 Å².